The molecule has 0 saturated carbocycles. The van der Waals surface area contributed by atoms with Crippen LogP contribution in [-0.4, -0.2) is 20.6 Å². The van der Waals surface area contributed by atoms with E-state index in [0.29, 0.717) is 16.7 Å². The van der Waals surface area contributed by atoms with Crippen LogP contribution in [-0.2, 0) is 0 Å². The second-order valence-corrected chi connectivity index (χ2v) is 5.58. The smallest absolute Gasteiger partial charge is 0.337 e. The minimum Gasteiger partial charge on any atom is -0.478 e. The molecule has 3 rings (SSSR count). The van der Waals surface area contributed by atoms with Crippen LogP contribution in [0.2, 0.25) is 0 Å². The molecule has 0 aliphatic carbocycles. The zero-order chi connectivity index (χ0) is 15.1. The normalized spacial score (nSPS) is 11.0. The summed E-state index contributed by atoms with van der Waals surface area (Å²) in [6.45, 7) is 1.95. The van der Waals surface area contributed by atoms with Gasteiger partial charge < -0.3 is 10.1 Å². The maximum absolute atomic E-state index is 12.2. The van der Waals surface area contributed by atoms with Gasteiger partial charge in [0, 0.05) is 4.47 Å². The Labute approximate surface area is 128 Å². The van der Waals surface area contributed by atoms with Gasteiger partial charge >= 0.3 is 11.7 Å². The fourth-order valence-corrected chi connectivity index (χ4v) is 3.01. The second kappa shape index (κ2) is 4.89. The van der Waals surface area contributed by atoms with E-state index in [4.69, 9.17) is 0 Å². The molecule has 0 atom stereocenters. The van der Waals surface area contributed by atoms with E-state index in [1.54, 1.807) is 12.1 Å². The molecule has 0 aliphatic heterocycles. The maximum Gasteiger partial charge on any atom is 0.337 e. The molecule has 2 aromatic carbocycles. The summed E-state index contributed by atoms with van der Waals surface area (Å²) in [5, 5.41) is 9.20. The number of imidazole rings is 1. The quantitative estimate of drug-likeness (QED) is 0.748. The number of benzene rings is 2. The first kappa shape index (κ1) is 13.6. The Hall–Kier alpha value is -2.34. The largest absolute Gasteiger partial charge is 0.478 e. The summed E-state index contributed by atoms with van der Waals surface area (Å²) in [7, 11) is 0. The molecule has 0 amide bonds. The number of aromatic amines is 1. The molecule has 0 fully saturated rings. The van der Waals surface area contributed by atoms with Crippen LogP contribution < -0.4 is 5.69 Å². The monoisotopic (exact) mass is 346 g/mol. The molecule has 1 heterocycles. The number of aromatic carboxylic acids is 1. The average Bonchev–Trinajstić information content (AvgIpc) is 2.74. The molecule has 5 nitrogen and oxygen atoms in total. The summed E-state index contributed by atoms with van der Waals surface area (Å²) in [5.74, 6) is -1.07. The molecule has 1 aromatic heterocycles. The van der Waals surface area contributed by atoms with Crippen LogP contribution in [0.3, 0.4) is 0 Å². The van der Waals surface area contributed by atoms with Crippen molar-refractivity contribution in [3.63, 3.8) is 0 Å². The van der Waals surface area contributed by atoms with Crippen LogP contribution in [0.15, 0.2) is 45.7 Å². The fraction of sp³-hybridized carbons (Fsp3) is 0.0667. The zero-order valence-corrected chi connectivity index (χ0v) is 12.6. The van der Waals surface area contributed by atoms with Gasteiger partial charge in [0.05, 0.1) is 22.3 Å². The fourth-order valence-electron chi connectivity index (χ4n) is 2.34. The number of rotatable bonds is 2. The van der Waals surface area contributed by atoms with E-state index >= 15 is 0 Å². The number of carboxylic acid groups (broad SMARTS) is 1. The maximum atomic E-state index is 12.2. The lowest BCUT2D eigenvalue weighted by Crippen LogP contribution is -2.15. The molecular formula is C15H11BrN2O3. The van der Waals surface area contributed by atoms with E-state index < -0.39 is 5.97 Å². The molecular weight excluding hydrogens is 336 g/mol. The van der Waals surface area contributed by atoms with Crippen LogP contribution in [0.5, 0.6) is 0 Å². The summed E-state index contributed by atoms with van der Waals surface area (Å²) in [4.78, 5) is 26.1. The summed E-state index contributed by atoms with van der Waals surface area (Å²) < 4.78 is 2.23. The van der Waals surface area contributed by atoms with Gasteiger partial charge in [0.2, 0.25) is 0 Å². The highest BCUT2D eigenvalue weighted by Gasteiger charge is 2.16. The third-order valence-electron chi connectivity index (χ3n) is 3.29. The minimum atomic E-state index is -1.07. The second-order valence-electron chi connectivity index (χ2n) is 4.73. The van der Waals surface area contributed by atoms with Gasteiger partial charge in [0.1, 0.15) is 0 Å². The van der Waals surface area contributed by atoms with Crippen molar-refractivity contribution in [1.82, 2.24) is 9.55 Å². The number of nitrogens with zero attached hydrogens (tertiary/aromatic N) is 1. The number of carbonyl (C=O) groups is 1. The molecule has 21 heavy (non-hydrogen) atoms. The van der Waals surface area contributed by atoms with Gasteiger partial charge in [-0.25, -0.2) is 9.59 Å². The topological polar surface area (TPSA) is 75.1 Å². The number of hydrogen-bond donors (Lipinski definition) is 2. The van der Waals surface area contributed by atoms with Gasteiger partial charge in [-0.1, -0.05) is 12.1 Å². The Morgan fingerprint density at radius 2 is 2.05 bits per heavy atom. The van der Waals surface area contributed by atoms with Gasteiger partial charge in [-0.2, -0.15) is 0 Å². The highest BCUT2D eigenvalue weighted by atomic mass is 79.9. The molecule has 0 radical (unpaired) electrons. The van der Waals surface area contributed by atoms with E-state index in [2.05, 4.69) is 20.9 Å². The predicted octanol–water partition coefficient (Wildman–Crippen LogP) is 3.09. The van der Waals surface area contributed by atoms with Gasteiger partial charge in [-0.05, 0) is 52.7 Å². The number of fused-ring (bicyclic) bond motifs is 1. The highest BCUT2D eigenvalue weighted by Crippen LogP contribution is 2.25. The Kier molecular flexibility index (Phi) is 3.17. The van der Waals surface area contributed by atoms with Crippen LogP contribution in [0.25, 0.3) is 16.7 Å². The van der Waals surface area contributed by atoms with Gasteiger partial charge in [0.15, 0.2) is 0 Å². The van der Waals surface area contributed by atoms with Crippen molar-refractivity contribution >= 4 is 32.9 Å². The van der Waals surface area contributed by atoms with E-state index in [0.717, 1.165) is 10.0 Å². The van der Waals surface area contributed by atoms with Crippen molar-refractivity contribution < 1.29 is 9.90 Å². The average molecular weight is 347 g/mol. The first-order valence-corrected chi connectivity index (χ1v) is 7.02. The zero-order valence-electron chi connectivity index (χ0n) is 11.1. The van der Waals surface area contributed by atoms with E-state index in [1.807, 2.05) is 25.1 Å². The van der Waals surface area contributed by atoms with Crippen molar-refractivity contribution in [3.05, 3.63) is 62.5 Å². The summed E-state index contributed by atoms with van der Waals surface area (Å²) in [5.41, 5.74) is 2.28. The summed E-state index contributed by atoms with van der Waals surface area (Å²) >= 11 is 3.45. The van der Waals surface area contributed by atoms with Crippen LogP contribution in [0, 0.1) is 6.92 Å². The minimum absolute atomic E-state index is 0.0755. The number of H-pyrrole nitrogens is 1. The number of aromatic nitrogens is 2. The predicted molar refractivity (Wildman–Crippen MR) is 83.3 cm³/mol. The number of nitrogens with one attached hydrogen (secondary N) is 1. The number of aryl methyl sites for hydroxylation is 1. The van der Waals surface area contributed by atoms with Gasteiger partial charge in [-0.15, -0.1) is 0 Å². The number of carboxylic acids is 1. The molecule has 0 unspecified atom stereocenters. The SMILES string of the molecule is Cc1ccc(-n2c(=O)[nH]c3c(C(=O)O)cccc32)c(Br)c1. The number of halogens is 1. The van der Waals surface area contributed by atoms with Gasteiger partial charge in [0.25, 0.3) is 0 Å². The molecule has 3 aromatic rings. The van der Waals surface area contributed by atoms with Crippen LogP contribution in [0.1, 0.15) is 15.9 Å². The standard InChI is InChI=1S/C15H11BrN2O3/c1-8-5-6-11(10(16)7-8)18-12-4-2-3-9(14(19)20)13(12)17-15(18)21/h2-7H,1H3,(H,17,21)(H,19,20). The van der Waals surface area contributed by atoms with Crippen molar-refractivity contribution in [2.45, 2.75) is 6.92 Å². The van der Waals surface area contributed by atoms with Crippen LogP contribution in [0.4, 0.5) is 0 Å². The Bertz CT molecular complexity index is 924. The molecule has 2 N–H and O–H groups in total. The highest BCUT2D eigenvalue weighted by molar-refractivity contribution is 9.10. The van der Waals surface area contributed by atoms with E-state index in [9.17, 15) is 14.7 Å². The molecule has 106 valence electrons. The number of hydrogen-bond acceptors (Lipinski definition) is 2. The molecule has 6 heteroatoms. The summed E-state index contributed by atoms with van der Waals surface area (Å²) in [6.07, 6.45) is 0. The summed E-state index contributed by atoms with van der Waals surface area (Å²) in [6, 6.07) is 10.4. The third-order valence-corrected chi connectivity index (χ3v) is 3.93. The van der Waals surface area contributed by atoms with Crippen molar-refractivity contribution in [2.75, 3.05) is 0 Å². The van der Waals surface area contributed by atoms with Crippen molar-refractivity contribution in [3.8, 4) is 5.69 Å². The lowest BCUT2D eigenvalue weighted by molar-refractivity contribution is 0.0699. The number of para-hydroxylation sites is 1. The molecule has 0 saturated heterocycles. The Morgan fingerprint density at radius 3 is 2.71 bits per heavy atom. The molecule has 0 bridgehead atoms. The first-order chi connectivity index (χ1) is 9.99. The molecule has 0 aliphatic rings. The Balaban J connectivity index is 2.39. The first-order valence-electron chi connectivity index (χ1n) is 6.22. The molecule has 0 spiro atoms. The lowest BCUT2D eigenvalue weighted by atomic mass is 10.2. The Morgan fingerprint density at radius 1 is 1.29 bits per heavy atom. The van der Waals surface area contributed by atoms with Crippen molar-refractivity contribution in [1.29, 1.82) is 0 Å². The van der Waals surface area contributed by atoms with Gasteiger partial charge in [-0.3, -0.25) is 4.57 Å². The lowest BCUT2D eigenvalue weighted by Gasteiger charge is -2.07. The van der Waals surface area contributed by atoms with Crippen LogP contribution >= 0.6 is 15.9 Å². The van der Waals surface area contributed by atoms with E-state index in [1.165, 1.54) is 10.6 Å². The third kappa shape index (κ3) is 2.17. The van der Waals surface area contributed by atoms with E-state index in [-0.39, 0.29) is 11.3 Å². The van der Waals surface area contributed by atoms with Crippen molar-refractivity contribution in [2.24, 2.45) is 0 Å².